The second-order valence-electron chi connectivity index (χ2n) is 10.1. The molecule has 1 heteroatoms. The normalized spacial score (nSPS) is 39.9. The van der Waals surface area contributed by atoms with Gasteiger partial charge in [0, 0.05) is 6.42 Å². The largest absolute Gasteiger partial charge is 0.295 e. The number of hydrogen-bond acceptors (Lipinski definition) is 1. The molecule has 30 heavy (non-hydrogen) atoms. The van der Waals surface area contributed by atoms with Crippen LogP contribution in [0.3, 0.4) is 0 Å². The number of fused-ring (bicyclic) bond motifs is 3. The van der Waals surface area contributed by atoms with Crippen LogP contribution in [0.5, 0.6) is 0 Å². The number of allylic oxidation sites excluding steroid dienone is 4. The molecule has 0 aromatic heterocycles. The Balaban J connectivity index is 0.000000493. The summed E-state index contributed by atoms with van der Waals surface area (Å²) in [7, 11) is 0. The Labute approximate surface area is 186 Å². The van der Waals surface area contributed by atoms with Crippen molar-refractivity contribution in [3.05, 3.63) is 36.0 Å². The molecule has 2 saturated carbocycles. The van der Waals surface area contributed by atoms with Crippen molar-refractivity contribution in [3.8, 4) is 12.8 Å². The zero-order valence-corrected chi connectivity index (χ0v) is 20.4. The van der Waals surface area contributed by atoms with Gasteiger partial charge in [0.2, 0.25) is 0 Å². The smallest absolute Gasteiger partial charge is 0.159 e. The summed E-state index contributed by atoms with van der Waals surface area (Å²) in [5, 5.41) is 0. The van der Waals surface area contributed by atoms with Gasteiger partial charge in [-0.15, -0.1) is 26.0 Å². The number of rotatable bonds is 1. The summed E-state index contributed by atoms with van der Waals surface area (Å²) in [6, 6.07) is 0. The highest BCUT2D eigenvalue weighted by molar-refractivity contribution is 5.99. The molecule has 2 fully saturated rings. The third-order valence-corrected chi connectivity index (χ3v) is 9.12. The number of Topliss-reactive ketones (excluding diaryl/α,β-unsaturated/α-hetero) is 1. The van der Waals surface area contributed by atoms with E-state index in [1.807, 2.05) is 19.4 Å². The summed E-state index contributed by atoms with van der Waals surface area (Å²) in [6.45, 7) is 20.0. The lowest BCUT2D eigenvalue weighted by atomic mass is 9.49. The molecule has 1 spiro atoms. The van der Waals surface area contributed by atoms with Crippen LogP contribution in [0.25, 0.3) is 0 Å². The van der Waals surface area contributed by atoms with E-state index in [0.29, 0.717) is 22.5 Å². The molecule has 6 unspecified atom stereocenters. The predicted molar refractivity (Wildman–Crippen MR) is 130 cm³/mol. The molecule has 0 saturated heterocycles. The van der Waals surface area contributed by atoms with E-state index in [4.69, 9.17) is 0 Å². The first-order chi connectivity index (χ1) is 14.4. The van der Waals surface area contributed by atoms with Crippen molar-refractivity contribution < 1.29 is 4.79 Å². The first kappa shape index (κ1) is 24.7. The summed E-state index contributed by atoms with van der Waals surface area (Å²) >= 11 is 0. The second-order valence-corrected chi connectivity index (χ2v) is 10.1. The van der Waals surface area contributed by atoms with Crippen molar-refractivity contribution in [2.75, 3.05) is 0 Å². The minimum absolute atomic E-state index is 0.354. The Morgan fingerprint density at radius 1 is 1.13 bits per heavy atom. The molecule has 0 N–H and O–H groups in total. The second kappa shape index (κ2) is 9.30. The van der Waals surface area contributed by atoms with Crippen LogP contribution in [0, 0.1) is 53.3 Å². The van der Waals surface area contributed by atoms with Crippen molar-refractivity contribution in [2.45, 2.75) is 86.5 Å². The van der Waals surface area contributed by atoms with E-state index in [-0.39, 0.29) is 0 Å². The van der Waals surface area contributed by atoms with E-state index in [1.54, 1.807) is 5.57 Å². The highest BCUT2D eigenvalue weighted by atomic mass is 16.1. The highest BCUT2D eigenvalue weighted by Gasteiger charge is 2.70. The molecule has 0 aromatic rings. The molecule has 0 heterocycles. The number of carbonyl (C=O) groups excluding carboxylic acids is 1. The maximum absolute atomic E-state index is 12.3. The number of carbonyl (C=O) groups is 1. The van der Waals surface area contributed by atoms with E-state index in [2.05, 4.69) is 59.8 Å². The fourth-order valence-corrected chi connectivity index (χ4v) is 7.79. The Morgan fingerprint density at radius 3 is 2.37 bits per heavy atom. The minimum atomic E-state index is 0.354. The Hall–Kier alpha value is -1.55. The van der Waals surface area contributed by atoms with Gasteiger partial charge in [-0.1, -0.05) is 58.8 Å². The zero-order chi connectivity index (χ0) is 22.9. The third kappa shape index (κ3) is 3.36. The van der Waals surface area contributed by atoms with Gasteiger partial charge in [-0.2, -0.15) is 0 Å². The van der Waals surface area contributed by atoms with Crippen LogP contribution >= 0.6 is 0 Å². The van der Waals surface area contributed by atoms with E-state index in [9.17, 15) is 4.79 Å². The monoisotopic (exact) mass is 408 g/mol. The fraction of sp³-hybridized carbons (Fsp3) is 0.690. The molecule has 5 aliphatic carbocycles. The van der Waals surface area contributed by atoms with E-state index >= 15 is 0 Å². The molecule has 1 nitrogen and oxygen atoms in total. The van der Waals surface area contributed by atoms with Gasteiger partial charge in [-0.25, -0.2) is 0 Å². The van der Waals surface area contributed by atoms with Crippen LogP contribution in [-0.2, 0) is 4.79 Å². The molecule has 0 aromatic carbocycles. The lowest BCUT2D eigenvalue weighted by molar-refractivity contribution is -0.115. The fourth-order valence-electron chi connectivity index (χ4n) is 7.79. The van der Waals surface area contributed by atoms with Gasteiger partial charge in [0.15, 0.2) is 5.78 Å². The highest BCUT2D eigenvalue weighted by Crippen LogP contribution is 2.78. The molecular formula is C29H44O. The third-order valence-electron chi connectivity index (χ3n) is 9.12. The standard InChI is InChI=1S/C23H32O.C2H6.C2H4.C2H2/c1-13(2)16-6-8-21-22(4)10-9-18-17(5-7-20(18)24)19(22)11-15-12-23(15,21)14(16)3;3*1-2/h8,13-16,19H,5-7,9-12H2,1-4H3;1-2H3;1-2H2;1-2H. The topological polar surface area (TPSA) is 17.1 Å². The van der Waals surface area contributed by atoms with Crippen molar-refractivity contribution in [2.24, 2.45) is 40.4 Å². The Kier molecular flexibility index (Phi) is 7.66. The van der Waals surface area contributed by atoms with Gasteiger partial charge >= 0.3 is 0 Å². The predicted octanol–water partition coefficient (Wildman–Crippen LogP) is 7.79. The van der Waals surface area contributed by atoms with E-state index in [0.717, 1.165) is 42.9 Å². The van der Waals surface area contributed by atoms with Crippen molar-refractivity contribution in [1.82, 2.24) is 0 Å². The summed E-state index contributed by atoms with van der Waals surface area (Å²) < 4.78 is 0. The van der Waals surface area contributed by atoms with Crippen molar-refractivity contribution in [1.29, 1.82) is 0 Å². The molecular weight excluding hydrogens is 364 g/mol. The SMILES string of the molecule is C#C.C=C.CC.CC(C)C1CC=C2C3(C)CCC4=C(CCC4=O)C3CC3CC23C1C. The zero-order valence-electron chi connectivity index (χ0n) is 20.4. The summed E-state index contributed by atoms with van der Waals surface area (Å²) in [6.07, 6.45) is 18.9. The molecule has 0 radical (unpaired) electrons. The first-order valence-electron chi connectivity index (χ1n) is 12.2. The van der Waals surface area contributed by atoms with Gasteiger partial charge < -0.3 is 0 Å². The van der Waals surface area contributed by atoms with Crippen LogP contribution < -0.4 is 0 Å². The van der Waals surface area contributed by atoms with E-state index < -0.39 is 0 Å². The van der Waals surface area contributed by atoms with Gasteiger partial charge in [0.1, 0.15) is 0 Å². The Bertz CT molecular complexity index is 735. The van der Waals surface area contributed by atoms with Gasteiger partial charge in [0.25, 0.3) is 0 Å². The number of hydrogen-bond donors (Lipinski definition) is 0. The quantitative estimate of drug-likeness (QED) is 0.320. The average molecular weight is 409 g/mol. The molecule has 0 amide bonds. The lowest BCUT2D eigenvalue weighted by Crippen LogP contribution is -2.46. The van der Waals surface area contributed by atoms with Crippen LogP contribution in [-0.4, -0.2) is 5.78 Å². The van der Waals surface area contributed by atoms with Crippen LogP contribution in [0.15, 0.2) is 36.0 Å². The minimum Gasteiger partial charge on any atom is -0.295 e. The maximum Gasteiger partial charge on any atom is 0.159 e. The molecule has 5 rings (SSSR count). The van der Waals surface area contributed by atoms with Crippen LogP contribution in [0.2, 0.25) is 0 Å². The number of terminal acetylenes is 1. The van der Waals surface area contributed by atoms with Gasteiger partial charge in [-0.05, 0) is 84.5 Å². The van der Waals surface area contributed by atoms with Gasteiger partial charge in [-0.3, -0.25) is 4.79 Å². The summed E-state index contributed by atoms with van der Waals surface area (Å²) in [4.78, 5) is 12.3. The van der Waals surface area contributed by atoms with Crippen molar-refractivity contribution >= 4 is 5.78 Å². The van der Waals surface area contributed by atoms with Gasteiger partial charge in [0.05, 0.1) is 0 Å². The summed E-state index contributed by atoms with van der Waals surface area (Å²) in [5.74, 6) is 4.58. The molecule has 0 bridgehead atoms. The maximum atomic E-state index is 12.3. The molecule has 0 aliphatic heterocycles. The molecule has 166 valence electrons. The first-order valence-corrected chi connectivity index (χ1v) is 12.2. The molecule has 6 atom stereocenters. The van der Waals surface area contributed by atoms with E-state index in [1.165, 1.54) is 31.3 Å². The van der Waals surface area contributed by atoms with Crippen molar-refractivity contribution in [3.63, 3.8) is 0 Å². The summed E-state index contributed by atoms with van der Waals surface area (Å²) in [5.41, 5.74) is 5.58. The van der Waals surface area contributed by atoms with Crippen LogP contribution in [0.1, 0.15) is 86.5 Å². The van der Waals surface area contributed by atoms with Crippen LogP contribution in [0.4, 0.5) is 0 Å². The lowest BCUT2D eigenvalue weighted by Gasteiger charge is -2.55. The Morgan fingerprint density at radius 2 is 1.77 bits per heavy atom. The average Bonchev–Trinajstić information content (AvgIpc) is 3.37. The molecule has 5 aliphatic rings. The number of ketones is 1.